The third-order valence-electron chi connectivity index (χ3n) is 2.13. The van der Waals surface area contributed by atoms with Crippen LogP contribution in [0.5, 0.6) is 5.75 Å². The third-order valence-corrected chi connectivity index (χ3v) is 3.29. The molecule has 0 saturated heterocycles. The smallest absolute Gasteiger partial charge is 0.323 e. The van der Waals surface area contributed by atoms with Crippen molar-refractivity contribution in [3.63, 3.8) is 0 Å². The molecular formula is C12H18N2O5S. The van der Waals surface area contributed by atoms with Crippen LogP contribution in [0.15, 0.2) is 24.3 Å². The largest absolute Gasteiger partial charge is 0.492 e. The Morgan fingerprint density at radius 1 is 1.30 bits per heavy atom. The molecule has 0 unspecified atom stereocenters. The van der Waals surface area contributed by atoms with Gasteiger partial charge in [-0.2, -0.15) is 0 Å². The van der Waals surface area contributed by atoms with Gasteiger partial charge in [-0.05, 0) is 31.2 Å². The van der Waals surface area contributed by atoms with Crippen LogP contribution < -0.4 is 15.2 Å². The maximum absolute atomic E-state index is 11.7. The number of benzene rings is 1. The van der Waals surface area contributed by atoms with Gasteiger partial charge in [0.2, 0.25) is 10.0 Å². The van der Waals surface area contributed by atoms with Crippen molar-refractivity contribution in [1.82, 2.24) is 0 Å². The maximum Gasteiger partial charge on any atom is 0.323 e. The van der Waals surface area contributed by atoms with Crippen molar-refractivity contribution in [2.45, 2.75) is 6.92 Å². The lowest BCUT2D eigenvalue weighted by Gasteiger charge is -2.09. The van der Waals surface area contributed by atoms with Gasteiger partial charge < -0.3 is 15.2 Å². The number of anilines is 1. The first kappa shape index (κ1) is 16.3. The first-order valence-corrected chi connectivity index (χ1v) is 7.71. The average molecular weight is 302 g/mol. The van der Waals surface area contributed by atoms with Crippen LogP contribution in [-0.2, 0) is 19.6 Å². The van der Waals surface area contributed by atoms with Crippen LogP contribution in [0.4, 0.5) is 5.69 Å². The van der Waals surface area contributed by atoms with E-state index in [2.05, 4.69) is 9.46 Å². The van der Waals surface area contributed by atoms with Crippen LogP contribution in [0, 0.1) is 0 Å². The Hall–Kier alpha value is -1.80. The normalized spacial score (nSPS) is 10.9. The van der Waals surface area contributed by atoms with Crippen LogP contribution in [-0.4, -0.2) is 39.9 Å². The SMILES string of the molecule is CCOC(=O)CS(=O)(=O)Nc1ccc(OCCN)cc1. The monoisotopic (exact) mass is 302 g/mol. The lowest BCUT2D eigenvalue weighted by atomic mass is 10.3. The molecule has 7 nitrogen and oxygen atoms in total. The van der Waals surface area contributed by atoms with E-state index in [0.717, 1.165) is 0 Å². The molecule has 1 aromatic rings. The second-order valence-corrected chi connectivity index (χ2v) is 5.55. The number of hydrogen-bond donors (Lipinski definition) is 2. The Labute approximate surface area is 118 Å². The summed E-state index contributed by atoms with van der Waals surface area (Å²) in [5.74, 6) is -0.918. The van der Waals surface area contributed by atoms with Gasteiger partial charge in [0.1, 0.15) is 12.4 Å². The summed E-state index contributed by atoms with van der Waals surface area (Å²) in [7, 11) is -3.77. The van der Waals surface area contributed by atoms with E-state index in [4.69, 9.17) is 10.5 Å². The van der Waals surface area contributed by atoms with Gasteiger partial charge in [0.25, 0.3) is 0 Å². The molecule has 0 bridgehead atoms. The highest BCUT2D eigenvalue weighted by atomic mass is 32.2. The number of carbonyl (C=O) groups excluding carboxylic acids is 1. The summed E-state index contributed by atoms with van der Waals surface area (Å²) in [5, 5.41) is 0. The Kier molecular flexibility index (Phi) is 6.26. The van der Waals surface area contributed by atoms with Gasteiger partial charge in [-0.25, -0.2) is 8.42 Å². The van der Waals surface area contributed by atoms with Gasteiger partial charge >= 0.3 is 5.97 Å². The number of sulfonamides is 1. The number of hydrogen-bond acceptors (Lipinski definition) is 6. The van der Waals surface area contributed by atoms with Crippen LogP contribution >= 0.6 is 0 Å². The minimum Gasteiger partial charge on any atom is -0.492 e. The summed E-state index contributed by atoms with van der Waals surface area (Å²) in [4.78, 5) is 11.1. The molecule has 20 heavy (non-hydrogen) atoms. The summed E-state index contributed by atoms with van der Waals surface area (Å²) in [6.45, 7) is 2.53. The molecule has 0 heterocycles. The molecule has 112 valence electrons. The molecule has 0 aliphatic rings. The molecule has 0 aliphatic carbocycles. The number of rotatable bonds is 8. The van der Waals surface area contributed by atoms with E-state index in [1.807, 2.05) is 0 Å². The fraction of sp³-hybridized carbons (Fsp3) is 0.417. The molecule has 8 heteroatoms. The molecule has 0 aliphatic heterocycles. The summed E-state index contributed by atoms with van der Waals surface area (Å²) < 4.78 is 35.5. The van der Waals surface area contributed by atoms with Gasteiger partial charge in [0, 0.05) is 12.2 Å². The highest BCUT2D eigenvalue weighted by Gasteiger charge is 2.17. The van der Waals surface area contributed by atoms with Gasteiger partial charge in [0.05, 0.1) is 6.61 Å². The molecule has 3 N–H and O–H groups in total. The van der Waals surface area contributed by atoms with E-state index in [1.54, 1.807) is 19.1 Å². The molecule has 0 atom stereocenters. The van der Waals surface area contributed by atoms with E-state index in [1.165, 1.54) is 12.1 Å². The van der Waals surface area contributed by atoms with Crippen molar-refractivity contribution in [2.75, 3.05) is 30.2 Å². The number of nitrogens with two attached hydrogens (primary N) is 1. The number of ether oxygens (including phenoxy) is 2. The van der Waals surface area contributed by atoms with Gasteiger partial charge in [-0.15, -0.1) is 0 Å². The van der Waals surface area contributed by atoms with Crippen LogP contribution in [0.1, 0.15) is 6.92 Å². The summed E-state index contributed by atoms with van der Waals surface area (Å²) >= 11 is 0. The average Bonchev–Trinajstić information content (AvgIpc) is 2.37. The second kappa shape index (κ2) is 7.71. The van der Waals surface area contributed by atoms with E-state index in [9.17, 15) is 13.2 Å². The molecule has 0 fully saturated rings. The lowest BCUT2D eigenvalue weighted by molar-refractivity contribution is -0.139. The Morgan fingerprint density at radius 2 is 1.95 bits per heavy atom. The van der Waals surface area contributed by atoms with E-state index < -0.39 is 21.7 Å². The molecule has 0 spiro atoms. The molecule has 1 aromatic carbocycles. The Balaban J connectivity index is 2.61. The van der Waals surface area contributed by atoms with Gasteiger partial charge in [-0.3, -0.25) is 9.52 Å². The minimum atomic E-state index is -3.77. The van der Waals surface area contributed by atoms with Crippen molar-refractivity contribution in [3.8, 4) is 5.75 Å². The number of esters is 1. The quantitative estimate of drug-likeness (QED) is 0.670. The molecule has 0 aromatic heterocycles. The Morgan fingerprint density at radius 3 is 2.50 bits per heavy atom. The predicted octanol–water partition coefficient (Wildman–Crippen LogP) is 0.329. The summed E-state index contributed by atoms with van der Waals surface area (Å²) in [6.07, 6.45) is 0. The fourth-order valence-electron chi connectivity index (χ4n) is 1.37. The third kappa shape index (κ3) is 5.89. The second-order valence-electron chi connectivity index (χ2n) is 3.83. The van der Waals surface area contributed by atoms with Crippen molar-refractivity contribution < 1.29 is 22.7 Å². The zero-order valence-corrected chi connectivity index (χ0v) is 12.0. The molecule has 0 saturated carbocycles. The predicted molar refractivity (Wildman–Crippen MR) is 75.0 cm³/mol. The van der Waals surface area contributed by atoms with E-state index in [0.29, 0.717) is 24.6 Å². The zero-order valence-electron chi connectivity index (χ0n) is 11.2. The first-order valence-electron chi connectivity index (χ1n) is 6.06. The molecular weight excluding hydrogens is 284 g/mol. The highest BCUT2D eigenvalue weighted by Crippen LogP contribution is 2.16. The summed E-state index contributed by atoms with van der Waals surface area (Å²) in [6, 6.07) is 6.29. The highest BCUT2D eigenvalue weighted by molar-refractivity contribution is 7.93. The summed E-state index contributed by atoms with van der Waals surface area (Å²) in [5.41, 5.74) is 5.64. The van der Waals surface area contributed by atoms with Gasteiger partial charge in [-0.1, -0.05) is 0 Å². The molecule has 0 radical (unpaired) electrons. The standard InChI is InChI=1S/C12H18N2O5S/c1-2-18-12(15)9-20(16,17)14-10-3-5-11(6-4-10)19-8-7-13/h3-6,14H,2,7-9,13H2,1H3. The molecule has 1 rings (SSSR count). The number of carbonyl (C=O) groups is 1. The maximum atomic E-state index is 11.7. The topological polar surface area (TPSA) is 108 Å². The van der Waals surface area contributed by atoms with Crippen LogP contribution in [0.25, 0.3) is 0 Å². The van der Waals surface area contributed by atoms with E-state index in [-0.39, 0.29) is 6.61 Å². The van der Waals surface area contributed by atoms with Crippen molar-refractivity contribution in [1.29, 1.82) is 0 Å². The van der Waals surface area contributed by atoms with Gasteiger partial charge in [0.15, 0.2) is 5.75 Å². The van der Waals surface area contributed by atoms with E-state index >= 15 is 0 Å². The van der Waals surface area contributed by atoms with Crippen molar-refractivity contribution in [3.05, 3.63) is 24.3 Å². The number of nitrogens with one attached hydrogen (secondary N) is 1. The zero-order chi connectivity index (χ0) is 15.0. The Bertz CT molecular complexity index is 527. The van der Waals surface area contributed by atoms with Crippen LogP contribution in [0.2, 0.25) is 0 Å². The first-order chi connectivity index (χ1) is 9.46. The van der Waals surface area contributed by atoms with Crippen LogP contribution in [0.3, 0.4) is 0 Å². The van der Waals surface area contributed by atoms with Crippen molar-refractivity contribution >= 4 is 21.7 Å². The fourth-order valence-corrected chi connectivity index (χ4v) is 2.33. The minimum absolute atomic E-state index is 0.140. The molecule has 0 amide bonds. The lowest BCUT2D eigenvalue weighted by Crippen LogP contribution is -2.24. The van der Waals surface area contributed by atoms with Crippen molar-refractivity contribution in [2.24, 2.45) is 5.73 Å².